The number of halogens is 2. The van der Waals surface area contributed by atoms with Crippen molar-refractivity contribution in [3.8, 4) is 0 Å². The number of piperidine rings is 1. The van der Waals surface area contributed by atoms with Crippen molar-refractivity contribution in [2.75, 3.05) is 13.1 Å². The summed E-state index contributed by atoms with van der Waals surface area (Å²) >= 11 is 5.92. The molecule has 0 saturated carbocycles. The van der Waals surface area contributed by atoms with E-state index in [1.54, 1.807) is 12.1 Å². The van der Waals surface area contributed by atoms with E-state index in [1.807, 2.05) is 12.1 Å². The normalized spacial score (nSPS) is 18.2. The highest BCUT2D eigenvalue weighted by atomic mass is 35.5. The summed E-state index contributed by atoms with van der Waals surface area (Å²) in [7, 11) is 0. The molecule has 3 nitrogen and oxygen atoms in total. The van der Waals surface area contributed by atoms with Gasteiger partial charge >= 0.3 is 5.97 Å². The molecular formula is C12H15Cl2NO2. The van der Waals surface area contributed by atoms with Crippen LogP contribution >= 0.6 is 24.0 Å². The molecule has 0 aromatic heterocycles. The fraction of sp³-hybridized carbons (Fsp3) is 0.417. The fourth-order valence-corrected chi connectivity index (χ4v) is 2.46. The molecular weight excluding hydrogens is 261 g/mol. The smallest absolute Gasteiger partial charge is 0.314 e. The largest absolute Gasteiger partial charge is 0.481 e. The lowest BCUT2D eigenvalue weighted by Crippen LogP contribution is -2.45. The number of nitrogens with one attached hydrogen (secondary N) is 1. The zero-order chi connectivity index (χ0) is 11.6. The Labute approximate surface area is 112 Å². The van der Waals surface area contributed by atoms with Gasteiger partial charge in [-0.1, -0.05) is 23.7 Å². The van der Waals surface area contributed by atoms with Crippen molar-refractivity contribution in [2.24, 2.45) is 0 Å². The predicted molar refractivity (Wildman–Crippen MR) is 70.1 cm³/mol. The Kier molecular flexibility index (Phi) is 4.80. The van der Waals surface area contributed by atoms with Crippen LogP contribution in [0.3, 0.4) is 0 Å². The Hall–Kier alpha value is -0.770. The molecule has 0 atom stereocenters. The maximum absolute atomic E-state index is 11.5. The van der Waals surface area contributed by atoms with Crippen LogP contribution in [0.5, 0.6) is 0 Å². The minimum atomic E-state index is -0.768. The first-order valence-electron chi connectivity index (χ1n) is 5.35. The molecule has 1 aliphatic rings. The van der Waals surface area contributed by atoms with Gasteiger partial charge in [0, 0.05) is 5.02 Å². The SMILES string of the molecule is Cl.O=C(O)C1(c2cccc(Cl)c2)CCNCC1. The van der Waals surface area contributed by atoms with Gasteiger partial charge < -0.3 is 10.4 Å². The third-order valence-corrected chi connectivity index (χ3v) is 3.48. The van der Waals surface area contributed by atoms with Gasteiger partial charge in [-0.15, -0.1) is 12.4 Å². The molecule has 1 saturated heterocycles. The maximum Gasteiger partial charge on any atom is 0.314 e. The van der Waals surface area contributed by atoms with Gasteiger partial charge in [-0.25, -0.2) is 0 Å². The molecule has 1 aromatic carbocycles. The number of rotatable bonds is 2. The molecule has 0 aliphatic carbocycles. The molecule has 1 aromatic rings. The minimum Gasteiger partial charge on any atom is -0.481 e. The quantitative estimate of drug-likeness (QED) is 0.872. The topological polar surface area (TPSA) is 49.3 Å². The van der Waals surface area contributed by atoms with E-state index in [1.165, 1.54) is 0 Å². The van der Waals surface area contributed by atoms with Crippen LogP contribution in [0.15, 0.2) is 24.3 Å². The van der Waals surface area contributed by atoms with Crippen molar-refractivity contribution < 1.29 is 9.90 Å². The highest BCUT2D eigenvalue weighted by Crippen LogP contribution is 2.34. The summed E-state index contributed by atoms with van der Waals surface area (Å²) in [6.07, 6.45) is 1.23. The molecule has 0 unspecified atom stereocenters. The third-order valence-electron chi connectivity index (χ3n) is 3.24. The van der Waals surface area contributed by atoms with Crippen LogP contribution in [0.1, 0.15) is 18.4 Å². The molecule has 0 amide bonds. The van der Waals surface area contributed by atoms with E-state index < -0.39 is 11.4 Å². The molecule has 94 valence electrons. The van der Waals surface area contributed by atoms with Crippen LogP contribution in [0, 0.1) is 0 Å². The number of benzene rings is 1. The molecule has 0 radical (unpaired) electrons. The molecule has 1 aliphatic heterocycles. The van der Waals surface area contributed by atoms with Crippen molar-refractivity contribution in [1.29, 1.82) is 0 Å². The number of carboxylic acid groups (broad SMARTS) is 1. The van der Waals surface area contributed by atoms with Gasteiger partial charge in [0.2, 0.25) is 0 Å². The first-order valence-corrected chi connectivity index (χ1v) is 5.73. The Balaban J connectivity index is 0.00000144. The van der Waals surface area contributed by atoms with Crippen LogP contribution in [-0.4, -0.2) is 24.2 Å². The molecule has 1 fully saturated rings. The van der Waals surface area contributed by atoms with Gasteiger partial charge in [0.1, 0.15) is 0 Å². The molecule has 5 heteroatoms. The summed E-state index contributed by atoms with van der Waals surface area (Å²) in [6, 6.07) is 7.19. The monoisotopic (exact) mass is 275 g/mol. The summed E-state index contributed by atoms with van der Waals surface area (Å²) < 4.78 is 0. The van der Waals surface area contributed by atoms with Gasteiger partial charge in [-0.2, -0.15) is 0 Å². The average Bonchev–Trinajstić information content (AvgIpc) is 2.30. The van der Waals surface area contributed by atoms with E-state index >= 15 is 0 Å². The van der Waals surface area contributed by atoms with E-state index in [9.17, 15) is 9.90 Å². The van der Waals surface area contributed by atoms with Gasteiger partial charge in [0.15, 0.2) is 0 Å². The summed E-state index contributed by atoms with van der Waals surface area (Å²) in [6.45, 7) is 1.47. The van der Waals surface area contributed by atoms with Gasteiger partial charge in [0.25, 0.3) is 0 Å². The van der Waals surface area contributed by atoms with Gasteiger partial charge in [0.05, 0.1) is 5.41 Å². The van der Waals surface area contributed by atoms with E-state index in [2.05, 4.69) is 5.32 Å². The van der Waals surface area contributed by atoms with E-state index in [-0.39, 0.29) is 12.4 Å². The fourth-order valence-electron chi connectivity index (χ4n) is 2.27. The second kappa shape index (κ2) is 5.71. The summed E-state index contributed by atoms with van der Waals surface area (Å²) in [4.78, 5) is 11.5. The lowest BCUT2D eigenvalue weighted by Gasteiger charge is -2.34. The van der Waals surface area contributed by atoms with Crippen LogP contribution in [0.25, 0.3) is 0 Å². The van der Waals surface area contributed by atoms with Crippen molar-refractivity contribution in [1.82, 2.24) is 5.32 Å². The number of hydrogen-bond donors (Lipinski definition) is 2. The zero-order valence-corrected chi connectivity index (χ0v) is 10.9. The van der Waals surface area contributed by atoms with Crippen molar-refractivity contribution in [3.05, 3.63) is 34.9 Å². The number of carbonyl (C=O) groups is 1. The zero-order valence-electron chi connectivity index (χ0n) is 9.28. The average molecular weight is 276 g/mol. The Bertz CT molecular complexity index is 403. The Morgan fingerprint density at radius 3 is 2.53 bits per heavy atom. The Morgan fingerprint density at radius 1 is 1.35 bits per heavy atom. The number of carboxylic acids is 1. The first kappa shape index (κ1) is 14.3. The molecule has 2 rings (SSSR count). The third kappa shape index (κ3) is 2.73. The van der Waals surface area contributed by atoms with Crippen LogP contribution in [0.4, 0.5) is 0 Å². The lowest BCUT2D eigenvalue weighted by atomic mass is 9.73. The highest BCUT2D eigenvalue weighted by Gasteiger charge is 2.41. The standard InChI is InChI=1S/C12H14ClNO2.ClH/c13-10-3-1-2-9(8-10)12(11(15)16)4-6-14-7-5-12;/h1-3,8,14H,4-7H2,(H,15,16);1H. The number of aliphatic carboxylic acids is 1. The number of hydrogen-bond acceptors (Lipinski definition) is 2. The van der Waals surface area contributed by atoms with Crippen LogP contribution in [-0.2, 0) is 10.2 Å². The van der Waals surface area contributed by atoms with E-state index in [4.69, 9.17) is 11.6 Å². The van der Waals surface area contributed by atoms with Crippen LogP contribution in [0.2, 0.25) is 5.02 Å². The summed E-state index contributed by atoms with van der Waals surface area (Å²) in [5.74, 6) is -0.753. The predicted octanol–water partition coefficient (Wildman–Crippen LogP) is 2.47. The van der Waals surface area contributed by atoms with E-state index in [0.29, 0.717) is 17.9 Å². The molecule has 1 heterocycles. The first-order chi connectivity index (χ1) is 7.65. The van der Waals surface area contributed by atoms with Crippen molar-refractivity contribution in [3.63, 3.8) is 0 Å². The summed E-state index contributed by atoms with van der Waals surface area (Å²) in [5.41, 5.74) is 0.0462. The second-order valence-corrected chi connectivity index (χ2v) is 4.58. The van der Waals surface area contributed by atoms with Gasteiger partial charge in [-0.3, -0.25) is 4.79 Å². The van der Waals surface area contributed by atoms with E-state index in [0.717, 1.165) is 18.7 Å². The molecule has 17 heavy (non-hydrogen) atoms. The molecule has 0 bridgehead atoms. The second-order valence-electron chi connectivity index (χ2n) is 4.15. The van der Waals surface area contributed by atoms with Crippen molar-refractivity contribution in [2.45, 2.75) is 18.3 Å². The maximum atomic E-state index is 11.5. The highest BCUT2D eigenvalue weighted by molar-refractivity contribution is 6.30. The molecule has 2 N–H and O–H groups in total. The van der Waals surface area contributed by atoms with Gasteiger partial charge in [-0.05, 0) is 43.6 Å². The van der Waals surface area contributed by atoms with Crippen LogP contribution < -0.4 is 5.32 Å². The van der Waals surface area contributed by atoms with Crippen molar-refractivity contribution >= 4 is 30.0 Å². The minimum absolute atomic E-state index is 0. The Morgan fingerprint density at radius 2 is 2.00 bits per heavy atom. The lowest BCUT2D eigenvalue weighted by molar-refractivity contribution is -0.145. The summed E-state index contributed by atoms with van der Waals surface area (Å²) in [5, 5.41) is 13.2. The molecule has 0 spiro atoms.